The van der Waals surface area contributed by atoms with Crippen LogP contribution in [0.25, 0.3) is 0 Å². The highest BCUT2D eigenvalue weighted by Gasteiger charge is 2.32. The summed E-state index contributed by atoms with van der Waals surface area (Å²) in [6.45, 7) is 4.45. The Morgan fingerprint density at radius 1 is 1.38 bits per heavy atom. The van der Waals surface area contributed by atoms with Crippen LogP contribution in [-0.4, -0.2) is 23.1 Å². The molecular formula is C18H23ClN2O2S. The maximum absolute atomic E-state index is 12.4. The van der Waals surface area contributed by atoms with E-state index in [0.717, 1.165) is 23.4 Å². The molecule has 1 saturated carbocycles. The van der Waals surface area contributed by atoms with Gasteiger partial charge in [0.05, 0.1) is 10.9 Å². The van der Waals surface area contributed by atoms with Crippen LogP contribution in [0, 0.1) is 11.8 Å². The van der Waals surface area contributed by atoms with Crippen LogP contribution < -0.4 is 10.6 Å². The van der Waals surface area contributed by atoms with Crippen LogP contribution in [0.5, 0.6) is 0 Å². The monoisotopic (exact) mass is 366 g/mol. The van der Waals surface area contributed by atoms with Crippen molar-refractivity contribution in [2.75, 3.05) is 5.32 Å². The van der Waals surface area contributed by atoms with Crippen molar-refractivity contribution in [2.45, 2.75) is 55.7 Å². The topological polar surface area (TPSA) is 58.2 Å². The molecule has 1 aliphatic carbocycles. The van der Waals surface area contributed by atoms with Crippen LogP contribution >= 0.6 is 23.4 Å². The van der Waals surface area contributed by atoms with Crippen molar-refractivity contribution in [3.63, 3.8) is 0 Å². The van der Waals surface area contributed by atoms with Crippen molar-refractivity contribution >= 4 is 40.9 Å². The Bertz CT molecular complexity index is 652. The molecule has 0 radical (unpaired) electrons. The molecule has 2 N–H and O–H groups in total. The van der Waals surface area contributed by atoms with Crippen molar-refractivity contribution in [3.8, 4) is 0 Å². The molecule has 4 nitrogen and oxygen atoms in total. The Kier molecular flexibility index (Phi) is 5.40. The number of carbonyl (C=O) groups excluding carboxylic acids is 2. The summed E-state index contributed by atoms with van der Waals surface area (Å²) < 4.78 is 0. The average molecular weight is 367 g/mol. The molecule has 1 fully saturated rings. The van der Waals surface area contributed by atoms with Crippen molar-refractivity contribution in [3.05, 3.63) is 23.2 Å². The zero-order chi connectivity index (χ0) is 17.3. The highest BCUT2D eigenvalue weighted by Crippen LogP contribution is 2.38. The number of rotatable bonds is 3. The van der Waals surface area contributed by atoms with E-state index < -0.39 is 5.25 Å². The maximum atomic E-state index is 12.4. The summed E-state index contributed by atoms with van der Waals surface area (Å²) in [6.07, 6.45) is 3.62. The molecule has 1 heterocycles. The van der Waals surface area contributed by atoms with Gasteiger partial charge in [-0.05, 0) is 36.5 Å². The standard InChI is InChI=1S/C18H23ClN2O2S/c1-10-4-3-5-13(11(10)2)20-17(22)9-16-18(23)21-14-8-12(19)6-7-15(14)24-16/h6-8,10-11,13,16H,3-5,9H2,1-2H3,(H,20,22)(H,21,23). The molecule has 1 aromatic carbocycles. The van der Waals surface area contributed by atoms with Gasteiger partial charge in [0.2, 0.25) is 11.8 Å². The quantitative estimate of drug-likeness (QED) is 0.847. The number of benzene rings is 1. The molecule has 2 amide bonds. The van der Waals surface area contributed by atoms with E-state index in [-0.39, 0.29) is 24.3 Å². The van der Waals surface area contributed by atoms with E-state index in [1.54, 1.807) is 12.1 Å². The SMILES string of the molecule is CC1CCCC(NC(=O)CC2Sc3ccc(Cl)cc3NC2=O)C1C. The number of halogens is 1. The summed E-state index contributed by atoms with van der Waals surface area (Å²) in [5.41, 5.74) is 0.726. The minimum Gasteiger partial charge on any atom is -0.353 e. The molecule has 0 bridgehead atoms. The highest BCUT2D eigenvalue weighted by molar-refractivity contribution is 8.01. The van der Waals surface area contributed by atoms with E-state index in [2.05, 4.69) is 24.5 Å². The first-order chi connectivity index (χ1) is 11.4. The summed E-state index contributed by atoms with van der Waals surface area (Å²) in [5.74, 6) is 0.951. The second-order valence-electron chi connectivity index (χ2n) is 6.88. The zero-order valence-electron chi connectivity index (χ0n) is 14.0. The third-order valence-corrected chi connectivity index (χ3v) is 6.70. The average Bonchev–Trinajstić information content (AvgIpc) is 2.53. The molecule has 0 aromatic heterocycles. The number of nitrogens with one attached hydrogen (secondary N) is 2. The van der Waals surface area contributed by atoms with Crippen molar-refractivity contribution in [2.24, 2.45) is 11.8 Å². The zero-order valence-corrected chi connectivity index (χ0v) is 15.5. The van der Waals surface area contributed by atoms with Gasteiger partial charge in [0.25, 0.3) is 0 Å². The predicted octanol–water partition coefficient (Wildman–Crippen LogP) is 4.08. The van der Waals surface area contributed by atoms with Crippen LogP contribution in [0.15, 0.2) is 23.1 Å². The number of hydrogen-bond donors (Lipinski definition) is 2. The number of anilines is 1. The lowest BCUT2D eigenvalue weighted by molar-refractivity contribution is -0.125. The van der Waals surface area contributed by atoms with Gasteiger partial charge in [0.15, 0.2) is 0 Å². The van der Waals surface area contributed by atoms with Gasteiger partial charge >= 0.3 is 0 Å². The van der Waals surface area contributed by atoms with Gasteiger partial charge in [0, 0.05) is 22.4 Å². The first kappa shape index (κ1) is 17.6. The van der Waals surface area contributed by atoms with Gasteiger partial charge in [-0.1, -0.05) is 38.3 Å². The Labute approximate surface area is 152 Å². The molecule has 24 heavy (non-hydrogen) atoms. The molecule has 130 valence electrons. The van der Waals surface area contributed by atoms with E-state index in [0.29, 0.717) is 16.9 Å². The van der Waals surface area contributed by atoms with Gasteiger partial charge in [0.1, 0.15) is 0 Å². The van der Waals surface area contributed by atoms with Crippen LogP contribution in [0.2, 0.25) is 5.02 Å². The van der Waals surface area contributed by atoms with Crippen LogP contribution in [0.3, 0.4) is 0 Å². The molecule has 4 atom stereocenters. The normalized spacial score (nSPS) is 29.5. The maximum Gasteiger partial charge on any atom is 0.238 e. The first-order valence-corrected chi connectivity index (χ1v) is 9.76. The lowest BCUT2D eigenvalue weighted by Gasteiger charge is -2.35. The molecule has 1 aromatic rings. The van der Waals surface area contributed by atoms with Crippen molar-refractivity contribution < 1.29 is 9.59 Å². The molecule has 3 rings (SSSR count). The third kappa shape index (κ3) is 3.89. The lowest BCUT2D eigenvalue weighted by atomic mass is 9.78. The summed E-state index contributed by atoms with van der Waals surface area (Å²) in [6, 6.07) is 5.65. The van der Waals surface area contributed by atoms with E-state index in [9.17, 15) is 9.59 Å². The second kappa shape index (κ2) is 7.36. The van der Waals surface area contributed by atoms with Gasteiger partial charge in [-0.25, -0.2) is 0 Å². The number of thioether (sulfide) groups is 1. The van der Waals surface area contributed by atoms with Gasteiger partial charge < -0.3 is 10.6 Å². The molecule has 6 heteroatoms. The van der Waals surface area contributed by atoms with E-state index in [1.807, 2.05) is 6.07 Å². The number of fused-ring (bicyclic) bond motifs is 1. The molecule has 2 aliphatic rings. The summed E-state index contributed by atoms with van der Waals surface area (Å²) in [5, 5.41) is 6.19. The minimum absolute atomic E-state index is 0.0361. The summed E-state index contributed by atoms with van der Waals surface area (Å²) in [7, 11) is 0. The summed E-state index contributed by atoms with van der Waals surface area (Å²) in [4.78, 5) is 25.6. The molecule has 0 spiro atoms. The second-order valence-corrected chi connectivity index (χ2v) is 8.56. The van der Waals surface area contributed by atoms with Gasteiger partial charge in [-0.3, -0.25) is 9.59 Å². The Balaban J connectivity index is 1.60. The Morgan fingerprint density at radius 3 is 2.96 bits per heavy atom. The van der Waals surface area contributed by atoms with E-state index in [1.165, 1.54) is 18.2 Å². The smallest absolute Gasteiger partial charge is 0.238 e. The van der Waals surface area contributed by atoms with Crippen LogP contribution in [-0.2, 0) is 9.59 Å². The Morgan fingerprint density at radius 2 is 2.17 bits per heavy atom. The van der Waals surface area contributed by atoms with Gasteiger partial charge in [-0.15, -0.1) is 11.8 Å². The number of carbonyl (C=O) groups is 2. The molecule has 0 saturated heterocycles. The predicted molar refractivity (Wildman–Crippen MR) is 98.5 cm³/mol. The highest BCUT2D eigenvalue weighted by atomic mass is 35.5. The van der Waals surface area contributed by atoms with E-state index in [4.69, 9.17) is 11.6 Å². The largest absolute Gasteiger partial charge is 0.353 e. The van der Waals surface area contributed by atoms with Crippen LogP contribution in [0.4, 0.5) is 5.69 Å². The fourth-order valence-electron chi connectivity index (χ4n) is 3.48. The van der Waals surface area contributed by atoms with Crippen LogP contribution in [0.1, 0.15) is 39.5 Å². The van der Waals surface area contributed by atoms with Crippen molar-refractivity contribution in [1.29, 1.82) is 0 Å². The van der Waals surface area contributed by atoms with Crippen molar-refractivity contribution in [1.82, 2.24) is 5.32 Å². The Hall–Kier alpha value is -1.20. The lowest BCUT2D eigenvalue weighted by Crippen LogP contribution is -2.45. The fraction of sp³-hybridized carbons (Fsp3) is 0.556. The molecular weight excluding hydrogens is 344 g/mol. The number of amides is 2. The third-order valence-electron chi connectivity index (χ3n) is 5.19. The number of hydrogen-bond acceptors (Lipinski definition) is 3. The fourth-order valence-corrected chi connectivity index (χ4v) is 4.74. The van der Waals surface area contributed by atoms with E-state index >= 15 is 0 Å². The van der Waals surface area contributed by atoms with Gasteiger partial charge in [-0.2, -0.15) is 0 Å². The molecule has 1 aliphatic heterocycles. The molecule has 4 unspecified atom stereocenters. The first-order valence-electron chi connectivity index (χ1n) is 8.50. The summed E-state index contributed by atoms with van der Waals surface area (Å²) >= 11 is 7.39. The minimum atomic E-state index is -0.394.